The van der Waals surface area contributed by atoms with Crippen LogP contribution in [0, 0.1) is 5.41 Å². The maximum atomic E-state index is 12.0. The van der Waals surface area contributed by atoms with E-state index in [-0.39, 0.29) is 11.2 Å². The molecule has 0 saturated heterocycles. The molecule has 0 aliphatic heterocycles. The molecule has 0 aliphatic rings. The molecule has 0 aliphatic carbocycles. The summed E-state index contributed by atoms with van der Waals surface area (Å²) >= 11 is 0. The van der Waals surface area contributed by atoms with E-state index in [4.69, 9.17) is 0 Å². The molecular formula is C8H15F. The van der Waals surface area contributed by atoms with Crippen LogP contribution in [-0.2, 0) is 0 Å². The van der Waals surface area contributed by atoms with Gasteiger partial charge < -0.3 is 0 Å². The third-order valence-electron chi connectivity index (χ3n) is 1.15. The molecular weight excluding hydrogens is 115 g/mol. The molecule has 54 valence electrons. The Morgan fingerprint density at radius 1 is 1.44 bits per heavy atom. The molecule has 0 rings (SSSR count). The van der Waals surface area contributed by atoms with E-state index in [1.165, 1.54) is 0 Å². The van der Waals surface area contributed by atoms with Crippen LogP contribution in [0.2, 0.25) is 0 Å². The van der Waals surface area contributed by atoms with Crippen LogP contribution in [0.3, 0.4) is 0 Å². The lowest BCUT2D eigenvalue weighted by Gasteiger charge is -2.16. The van der Waals surface area contributed by atoms with Crippen molar-refractivity contribution < 1.29 is 4.39 Å². The van der Waals surface area contributed by atoms with E-state index in [2.05, 4.69) is 27.4 Å². The molecule has 0 spiro atoms. The Morgan fingerprint density at radius 3 is 2.00 bits per heavy atom. The van der Waals surface area contributed by atoms with E-state index in [9.17, 15) is 4.39 Å². The molecule has 0 aromatic carbocycles. The number of rotatable bonds is 2. The summed E-state index contributed by atoms with van der Waals surface area (Å²) in [6.45, 7) is 9.47. The minimum atomic E-state index is -0.204. The highest BCUT2D eigenvalue weighted by Gasteiger charge is 2.09. The highest BCUT2D eigenvalue weighted by Crippen LogP contribution is 2.22. The maximum absolute atomic E-state index is 12.0. The SMILES string of the molecule is C=C(F)CCC(C)(C)C. The first-order valence-corrected chi connectivity index (χ1v) is 3.25. The second-order valence-electron chi connectivity index (χ2n) is 3.58. The number of halogens is 1. The Bertz CT molecular complexity index is 97.6. The average Bonchev–Trinajstić information content (AvgIpc) is 1.59. The van der Waals surface area contributed by atoms with Gasteiger partial charge in [-0.3, -0.25) is 0 Å². The summed E-state index contributed by atoms with van der Waals surface area (Å²) in [5.74, 6) is -0.204. The first-order valence-electron chi connectivity index (χ1n) is 3.25. The van der Waals surface area contributed by atoms with Crippen molar-refractivity contribution in [3.05, 3.63) is 12.4 Å². The fourth-order valence-electron chi connectivity index (χ4n) is 0.511. The minimum Gasteiger partial charge on any atom is -0.212 e. The standard InChI is InChI=1S/C8H15F/c1-7(9)5-6-8(2,3)4/h1,5-6H2,2-4H3. The number of allylic oxidation sites excluding steroid dienone is 1. The second-order valence-corrected chi connectivity index (χ2v) is 3.58. The fraction of sp³-hybridized carbons (Fsp3) is 0.750. The molecule has 0 unspecified atom stereocenters. The Morgan fingerprint density at radius 2 is 1.89 bits per heavy atom. The third kappa shape index (κ3) is 7.67. The van der Waals surface area contributed by atoms with Gasteiger partial charge in [-0.25, -0.2) is 4.39 Å². The monoisotopic (exact) mass is 130 g/mol. The van der Waals surface area contributed by atoms with Crippen molar-refractivity contribution in [2.24, 2.45) is 5.41 Å². The molecule has 0 atom stereocenters. The van der Waals surface area contributed by atoms with Gasteiger partial charge in [-0.05, 0) is 18.3 Å². The van der Waals surface area contributed by atoms with Gasteiger partial charge in [0.2, 0.25) is 0 Å². The summed E-state index contributed by atoms with van der Waals surface area (Å²) in [5.41, 5.74) is 0.231. The second kappa shape index (κ2) is 3.00. The van der Waals surface area contributed by atoms with E-state index in [1.54, 1.807) is 0 Å². The molecule has 0 nitrogen and oxygen atoms in total. The summed E-state index contributed by atoms with van der Waals surface area (Å²) in [6.07, 6.45) is 1.38. The lowest BCUT2D eigenvalue weighted by molar-refractivity contribution is 0.363. The van der Waals surface area contributed by atoms with Crippen LogP contribution in [0.25, 0.3) is 0 Å². The van der Waals surface area contributed by atoms with Crippen LogP contribution in [0.5, 0.6) is 0 Å². The lowest BCUT2D eigenvalue weighted by Crippen LogP contribution is -2.03. The summed E-state index contributed by atoms with van der Waals surface area (Å²) in [4.78, 5) is 0. The van der Waals surface area contributed by atoms with E-state index in [1.807, 2.05) is 0 Å². The average molecular weight is 130 g/mol. The fourth-order valence-corrected chi connectivity index (χ4v) is 0.511. The Hall–Kier alpha value is -0.330. The van der Waals surface area contributed by atoms with Crippen LogP contribution < -0.4 is 0 Å². The van der Waals surface area contributed by atoms with E-state index in [0.29, 0.717) is 6.42 Å². The van der Waals surface area contributed by atoms with Crippen molar-refractivity contribution in [1.29, 1.82) is 0 Å². The van der Waals surface area contributed by atoms with Crippen LogP contribution in [0.4, 0.5) is 4.39 Å². The van der Waals surface area contributed by atoms with Gasteiger partial charge in [-0.15, -0.1) is 0 Å². The number of hydrogen-bond acceptors (Lipinski definition) is 0. The molecule has 0 aromatic heterocycles. The third-order valence-corrected chi connectivity index (χ3v) is 1.15. The van der Waals surface area contributed by atoms with Gasteiger partial charge in [-0.2, -0.15) is 0 Å². The van der Waals surface area contributed by atoms with E-state index < -0.39 is 0 Å². The Labute approximate surface area is 56.8 Å². The topological polar surface area (TPSA) is 0 Å². The molecule has 1 heteroatoms. The molecule has 0 aromatic rings. The summed E-state index contributed by atoms with van der Waals surface area (Å²) < 4.78 is 12.0. The summed E-state index contributed by atoms with van der Waals surface area (Å²) in [7, 11) is 0. The Balaban J connectivity index is 3.39. The van der Waals surface area contributed by atoms with Crippen molar-refractivity contribution in [1.82, 2.24) is 0 Å². The molecule has 0 amide bonds. The van der Waals surface area contributed by atoms with Gasteiger partial charge in [0.1, 0.15) is 0 Å². The predicted octanol–water partition coefficient (Wildman–Crippen LogP) is 3.30. The van der Waals surface area contributed by atoms with Crippen LogP contribution >= 0.6 is 0 Å². The van der Waals surface area contributed by atoms with Gasteiger partial charge in [0.25, 0.3) is 0 Å². The van der Waals surface area contributed by atoms with Crippen LogP contribution in [0.15, 0.2) is 12.4 Å². The highest BCUT2D eigenvalue weighted by molar-refractivity contribution is 4.81. The summed E-state index contributed by atoms with van der Waals surface area (Å²) in [6, 6.07) is 0. The van der Waals surface area contributed by atoms with Crippen molar-refractivity contribution in [2.75, 3.05) is 0 Å². The van der Waals surface area contributed by atoms with E-state index >= 15 is 0 Å². The van der Waals surface area contributed by atoms with Gasteiger partial charge in [-0.1, -0.05) is 27.4 Å². The largest absolute Gasteiger partial charge is 0.212 e. The van der Waals surface area contributed by atoms with Crippen molar-refractivity contribution in [3.8, 4) is 0 Å². The lowest BCUT2D eigenvalue weighted by atomic mass is 9.90. The predicted molar refractivity (Wildman–Crippen MR) is 38.9 cm³/mol. The summed E-state index contributed by atoms with van der Waals surface area (Å²) in [5, 5.41) is 0. The minimum absolute atomic E-state index is 0.204. The molecule has 0 fully saturated rings. The first-order chi connectivity index (χ1) is 3.92. The van der Waals surface area contributed by atoms with Gasteiger partial charge in [0, 0.05) is 0 Å². The van der Waals surface area contributed by atoms with Crippen molar-refractivity contribution in [2.45, 2.75) is 33.6 Å². The number of hydrogen-bond donors (Lipinski definition) is 0. The van der Waals surface area contributed by atoms with Gasteiger partial charge >= 0.3 is 0 Å². The molecule has 0 saturated carbocycles. The smallest absolute Gasteiger partial charge is 0.0928 e. The molecule has 0 N–H and O–H groups in total. The molecule has 9 heavy (non-hydrogen) atoms. The van der Waals surface area contributed by atoms with Gasteiger partial charge in [0.05, 0.1) is 5.83 Å². The normalized spacial score (nSPS) is 11.6. The molecule has 0 heterocycles. The highest BCUT2D eigenvalue weighted by atomic mass is 19.1. The first kappa shape index (κ1) is 8.67. The van der Waals surface area contributed by atoms with Crippen LogP contribution in [0.1, 0.15) is 33.6 Å². The zero-order valence-electron chi connectivity index (χ0n) is 6.50. The zero-order chi connectivity index (χ0) is 7.49. The van der Waals surface area contributed by atoms with Crippen molar-refractivity contribution >= 4 is 0 Å². The van der Waals surface area contributed by atoms with Gasteiger partial charge in [0.15, 0.2) is 0 Å². The quantitative estimate of drug-likeness (QED) is 0.538. The molecule has 0 bridgehead atoms. The van der Waals surface area contributed by atoms with E-state index in [0.717, 1.165) is 6.42 Å². The van der Waals surface area contributed by atoms with Crippen LogP contribution in [-0.4, -0.2) is 0 Å². The Kier molecular flexibility index (Phi) is 2.89. The maximum Gasteiger partial charge on any atom is 0.0928 e. The zero-order valence-corrected chi connectivity index (χ0v) is 6.50. The molecule has 0 radical (unpaired) electrons. The van der Waals surface area contributed by atoms with Crippen molar-refractivity contribution in [3.63, 3.8) is 0 Å².